The van der Waals surface area contributed by atoms with Crippen LogP contribution in [0.4, 0.5) is 5.69 Å². The molecule has 2 atom stereocenters. The first kappa shape index (κ1) is 26.9. The summed E-state index contributed by atoms with van der Waals surface area (Å²) in [7, 11) is 0. The van der Waals surface area contributed by atoms with Crippen LogP contribution in [0, 0.1) is 17.0 Å². The molecule has 0 spiro atoms. The third-order valence-electron chi connectivity index (χ3n) is 6.06. The van der Waals surface area contributed by atoms with Crippen molar-refractivity contribution in [2.24, 2.45) is 0 Å². The van der Waals surface area contributed by atoms with Gasteiger partial charge in [-0.2, -0.15) is 0 Å². The molecular weight excluding hydrogens is 572 g/mol. The van der Waals surface area contributed by atoms with E-state index in [0.717, 1.165) is 17.2 Å². The second-order valence-electron chi connectivity index (χ2n) is 8.14. The number of ether oxygens (including phenoxy) is 3. The van der Waals surface area contributed by atoms with Gasteiger partial charge in [0.15, 0.2) is 16.6 Å². The van der Waals surface area contributed by atoms with Gasteiger partial charge in [0.2, 0.25) is 0 Å². The van der Waals surface area contributed by atoms with Gasteiger partial charge in [-0.25, -0.2) is 9.59 Å². The first-order valence-corrected chi connectivity index (χ1v) is 13.0. The van der Waals surface area contributed by atoms with E-state index in [1.807, 2.05) is 6.92 Å². The average molecular weight is 595 g/mol. The molecule has 3 heterocycles. The summed E-state index contributed by atoms with van der Waals surface area (Å²) < 4.78 is 22.7. The second kappa shape index (κ2) is 10.3. The lowest BCUT2D eigenvalue weighted by molar-refractivity contribution is -0.385. The average Bonchev–Trinajstić information content (AvgIpc) is 3.13. The predicted molar refractivity (Wildman–Crippen MR) is 137 cm³/mol. The highest BCUT2D eigenvalue weighted by Crippen LogP contribution is 2.49. The van der Waals surface area contributed by atoms with Crippen LogP contribution >= 0.6 is 27.7 Å². The number of nitro benzene ring substituents is 1. The summed E-state index contributed by atoms with van der Waals surface area (Å²) in [6.07, 6.45) is -0.235. The molecule has 0 aliphatic carbocycles. The van der Waals surface area contributed by atoms with E-state index in [4.69, 9.17) is 18.6 Å². The van der Waals surface area contributed by atoms with Gasteiger partial charge in [-0.3, -0.25) is 14.9 Å². The van der Waals surface area contributed by atoms with Crippen LogP contribution in [-0.4, -0.2) is 40.5 Å². The van der Waals surface area contributed by atoms with E-state index in [0.29, 0.717) is 5.70 Å². The van der Waals surface area contributed by atoms with E-state index in [9.17, 15) is 24.5 Å². The number of allylic oxidation sites excluding steroid dienone is 2. The molecule has 196 valence electrons. The maximum absolute atomic E-state index is 13.7. The molecule has 2 aromatic rings. The number of nitrogens with zero attached hydrogens (tertiary/aromatic N) is 2. The number of thioether (sulfide) groups is 1. The molecule has 37 heavy (non-hydrogen) atoms. The zero-order valence-electron chi connectivity index (χ0n) is 20.6. The highest BCUT2D eigenvalue weighted by atomic mass is 79.9. The van der Waals surface area contributed by atoms with Crippen LogP contribution in [0.2, 0.25) is 0 Å². The number of hydrogen-bond acceptors (Lipinski definition) is 11. The number of benzene rings is 1. The molecule has 0 N–H and O–H groups in total. The molecule has 0 bridgehead atoms. The maximum Gasteiger partial charge on any atom is 0.355 e. The Balaban J connectivity index is 2.02. The fourth-order valence-corrected chi connectivity index (χ4v) is 5.78. The second-order valence-corrected chi connectivity index (χ2v) is 10.2. The highest BCUT2D eigenvalue weighted by molar-refractivity contribution is 9.10. The van der Waals surface area contributed by atoms with Crippen molar-refractivity contribution in [3.05, 3.63) is 70.1 Å². The third kappa shape index (κ3) is 4.44. The van der Waals surface area contributed by atoms with Gasteiger partial charge >= 0.3 is 11.9 Å². The molecule has 0 saturated heterocycles. The monoisotopic (exact) mass is 594 g/mol. The Morgan fingerprint density at radius 3 is 2.46 bits per heavy atom. The van der Waals surface area contributed by atoms with Crippen molar-refractivity contribution >= 4 is 56.3 Å². The van der Waals surface area contributed by atoms with Crippen molar-refractivity contribution in [2.45, 2.75) is 46.3 Å². The molecule has 2 aliphatic heterocycles. The lowest BCUT2D eigenvalue weighted by atomic mass is 9.97. The van der Waals surface area contributed by atoms with Gasteiger partial charge in [0.05, 0.1) is 33.6 Å². The molecule has 2 unspecified atom stereocenters. The normalized spacial score (nSPS) is 19.4. The SMILES string of the molecule is CCOC(=O)C1=C(C(=O)OCC)N2C(C)=C(C)SC2OC1c1coc2c(Br)c(C)c([N+](=O)[O-])cc2c1=O. The predicted octanol–water partition coefficient (Wildman–Crippen LogP) is 4.81. The first-order valence-electron chi connectivity index (χ1n) is 11.3. The summed E-state index contributed by atoms with van der Waals surface area (Å²) >= 11 is 4.58. The van der Waals surface area contributed by atoms with Crippen molar-refractivity contribution in [1.29, 1.82) is 0 Å². The number of esters is 2. The Kier molecular flexibility index (Phi) is 7.49. The summed E-state index contributed by atoms with van der Waals surface area (Å²) in [4.78, 5) is 53.5. The lowest BCUT2D eigenvalue weighted by Crippen LogP contribution is -2.43. The number of nitro groups is 1. The Morgan fingerprint density at radius 2 is 1.84 bits per heavy atom. The Bertz CT molecular complexity index is 1460. The van der Waals surface area contributed by atoms with E-state index in [1.54, 1.807) is 25.7 Å². The van der Waals surface area contributed by atoms with Crippen LogP contribution in [0.25, 0.3) is 11.0 Å². The quantitative estimate of drug-likeness (QED) is 0.258. The van der Waals surface area contributed by atoms with Crippen LogP contribution in [0.3, 0.4) is 0 Å². The summed E-state index contributed by atoms with van der Waals surface area (Å²) in [6.45, 7) is 8.43. The van der Waals surface area contributed by atoms with Crippen LogP contribution in [0.15, 0.2) is 47.9 Å². The molecule has 0 amide bonds. The third-order valence-corrected chi connectivity index (χ3v) is 8.19. The van der Waals surface area contributed by atoms with E-state index >= 15 is 0 Å². The van der Waals surface area contributed by atoms with Crippen molar-refractivity contribution < 1.29 is 33.1 Å². The molecule has 0 radical (unpaired) electrons. The topological polar surface area (TPSA) is 138 Å². The van der Waals surface area contributed by atoms with Gasteiger partial charge in [0, 0.05) is 22.2 Å². The van der Waals surface area contributed by atoms with Gasteiger partial charge < -0.3 is 23.5 Å². The van der Waals surface area contributed by atoms with E-state index in [2.05, 4.69) is 15.9 Å². The van der Waals surface area contributed by atoms with E-state index in [1.165, 1.54) is 18.7 Å². The lowest BCUT2D eigenvalue weighted by Gasteiger charge is -2.38. The molecule has 13 heteroatoms. The summed E-state index contributed by atoms with van der Waals surface area (Å²) in [5.41, 5.74) is -1.09. The zero-order valence-corrected chi connectivity index (χ0v) is 23.0. The van der Waals surface area contributed by atoms with Gasteiger partial charge in [0.1, 0.15) is 23.6 Å². The fraction of sp³-hybridized carbons (Fsp3) is 0.375. The van der Waals surface area contributed by atoms with Crippen LogP contribution in [0.5, 0.6) is 0 Å². The number of halogens is 1. The van der Waals surface area contributed by atoms with Crippen molar-refractivity contribution in [1.82, 2.24) is 4.90 Å². The standard InChI is InChI=1S/C24H23BrN2O9S/c1-6-33-22(29)16-18(23(30)34-7-2)26-11(4)12(5)37-24(26)36-20(16)14-9-35-21-13(19(14)28)8-15(27(31)32)10(3)17(21)25/h8-9,20,24H,6-7H2,1-5H3. The molecule has 11 nitrogen and oxygen atoms in total. The Hall–Kier alpha value is -3.16. The number of rotatable bonds is 6. The zero-order chi connectivity index (χ0) is 27.2. The van der Waals surface area contributed by atoms with Gasteiger partial charge in [0.25, 0.3) is 5.69 Å². The number of fused-ring (bicyclic) bond motifs is 2. The molecule has 1 aromatic heterocycles. The molecule has 4 rings (SSSR count). The van der Waals surface area contributed by atoms with Gasteiger partial charge in [-0.15, -0.1) is 0 Å². The van der Waals surface area contributed by atoms with Gasteiger partial charge in [-0.05, 0) is 50.5 Å². The minimum atomic E-state index is -1.37. The van der Waals surface area contributed by atoms with Crippen LogP contribution in [0.1, 0.15) is 44.9 Å². The minimum absolute atomic E-state index is 0.00192. The number of carbonyl (C=O) groups excluding carboxylic acids is 2. The number of hydrogen-bond donors (Lipinski definition) is 0. The van der Waals surface area contributed by atoms with Gasteiger partial charge in [-0.1, -0.05) is 11.8 Å². The Morgan fingerprint density at radius 1 is 1.19 bits per heavy atom. The van der Waals surface area contributed by atoms with Crippen molar-refractivity contribution in [2.75, 3.05) is 13.2 Å². The Labute approximate surface area is 223 Å². The summed E-state index contributed by atoms with van der Waals surface area (Å²) in [5.74, 6) is -1.65. The molecule has 0 saturated carbocycles. The molecule has 1 aromatic carbocycles. The first-order chi connectivity index (χ1) is 17.5. The van der Waals surface area contributed by atoms with Crippen LogP contribution in [-0.2, 0) is 23.8 Å². The summed E-state index contributed by atoms with van der Waals surface area (Å²) in [6, 6.07) is 1.13. The fourth-order valence-electron chi connectivity index (χ4n) is 4.16. The van der Waals surface area contributed by atoms with E-state index < -0.39 is 34.0 Å². The largest absolute Gasteiger partial charge is 0.462 e. The smallest absolute Gasteiger partial charge is 0.355 e. The molecule has 0 fully saturated rings. The molecular formula is C24H23BrN2O9S. The molecule has 2 aliphatic rings. The van der Waals surface area contributed by atoms with E-state index in [-0.39, 0.29) is 56.7 Å². The van der Waals surface area contributed by atoms with Crippen molar-refractivity contribution in [3.63, 3.8) is 0 Å². The number of carbonyl (C=O) groups is 2. The maximum atomic E-state index is 13.7. The van der Waals surface area contributed by atoms with Crippen LogP contribution < -0.4 is 5.43 Å². The highest BCUT2D eigenvalue weighted by Gasteiger charge is 2.48. The minimum Gasteiger partial charge on any atom is -0.462 e. The summed E-state index contributed by atoms with van der Waals surface area (Å²) in [5, 5.41) is 11.5. The van der Waals surface area contributed by atoms with Crippen molar-refractivity contribution in [3.8, 4) is 0 Å².